The Labute approximate surface area is 116 Å². The van der Waals surface area contributed by atoms with E-state index in [9.17, 15) is 18.0 Å². The summed E-state index contributed by atoms with van der Waals surface area (Å²) in [6.45, 7) is 4.26. The second kappa shape index (κ2) is 5.44. The summed E-state index contributed by atoms with van der Waals surface area (Å²) in [5.41, 5.74) is 4.06. The monoisotopic (exact) mass is 288 g/mol. The van der Waals surface area contributed by atoms with Crippen LogP contribution in [0.2, 0.25) is 0 Å². The summed E-state index contributed by atoms with van der Waals surface area (Å²) in [5, 5.41) is 0. The molecule has 2 N–H and O–H groups in total. The second-order valence-electron chi connectivity index (χ2n) is 5.20. The number of rotatable bonds is 3. The van der Waals surface area contributed by atoms with Crippen molar-refractivity contribution in [1.82, 2.24) is 4.90 Å². The predicted molar refractivity (Wildman–Crippen MR) is 71.0 cm³/mol. The van der Waals surface area contributed by atoms with Gasteiger partial charge in [-0.25, -0.2) is 0 Å². The van der Waals surface area contributed by atoms with Gasteiger partial charge in [0.05, 0.1) is 6.04 Å². The van der Waals surface area contributed by atoms with Crippen LogP contribution in [0.25, 0.3) is 0 Å². The number of amides is 1. The van der Waals surface area contributed by atoms with Crippen LogP contribution < -0.4 is 5.73 Å². The largest absolute Gasteiger partial charge is 0.415 e. The molecule has 0 saturated heterocycles. The van der Waals surface area contributed by atoms with Crippen molar-refractivity contribution in [3.8, 4) is 0 Å². The van der Waals surface area contributed by atoms with Crippen LogP contribution in [0.15, 0.2) is 24.3 Å². The van der Waals surface area contributed by atoms with Crippen molar-refractivity contribution in [3.05, 3.63) is 35.4 Å². The first kappa shape index (κ1) is 16.5. The number of carbonyl (C=O) groups is 1. The van der Waals surface area contributed by atoms with E-state index in [2.05, 4.69) is 0 Å². The molecule has 0 aliphatic heterocycles. The van der Waals surface area contributed by atoms with Gasteiger partial charge < -0.3 is 10.6 Å². The molecule has 2 unspecified atom stereocenters. The molecule has 6 heteroatoms. The SMILES string of the molecule is Cc1ccc(C(C)N(C)C(=O)C(C)(N)C(F)(F)F)cc1. The number of hydrogen-bond donors (Lipinski definition) is 1. The molecule has 112 valence electrons. The third-order valence-electron chi connectivity index (χ3n) is 3.49. The lowest BCUT2D eigenvalue weighted by atomic mass is 9.98. The number of nitrogens with zero attached hydrogens (tertiary/aromatic N) is 1. The Bertz CT molecular complexity index is 480. The Balaban J connectivity index is 2.97. The van der Waals surface area contributed by atoms with Gasteiger partial charge in [0.25, 0.3) is 5.91 Å². The van der Waals surface area contributed by atoms with E-state index in [0.29, 0.717) is 6.92 Å². The number of likely N-dealkylation sites (N-methyl/N-ethyl adjacent to an activating group) is 1. The number of nitrogens with two attached hydrogens (primary N) is 1. The van der Waals surface area contributed by atoms with Gasteiger partial charge in [0.2, 0.25) is 0 Å². The van der Waals surface area contributed by atoms with E-state index >= 15 is 0 Å². The zero-order valence-electron chi connectivity index (χ0n) is 12.0. The molecule has 0 aliphatic rings. The van der Waals surface area contributed by atoms with E-state index in [-0.39, 0.29) is 0 Å². The maximum absolute atomic E-state index is 12.8. The fourth-order valence-electron chi connectivity index (χ4n) is 1.73. The molecular weight excluding hydrogens is 269 g/mol. The van der Waals surface area contributed by atoms with Gasteiger partial charge in [-0.1, -0.05) is 29.8 Å². The normalized spacial score (nSPS) is 16.4. The molecule has 0 bridgehead atoms. The Morgan fingerprint density at radius 3 is 2.10 bits per heavy atom. The fraction of sp³-hybridized carbons (Fsp3) is 0.500. The molecule has 1 rings (SSSR count). The highest BCUT2D eigenvalue weighted by Crippen LogP contribution is 2.31. The van der Waals surface area contributed by atoms with E-state index < -0.39 is 23.7 Å². The molecule has 0 aromatic heterocycles. The Morgan fingerprint density at radius 2 is 1.70 bits per heavy atom. The maximum Gasteiger partial charge on any atom is 0.415 e. The Morgan fingerprint density at radius 1 is 1.25 bits per heavy atom. The summed E-state index contributed by atoms with van der Waals surface area (Å²) < 4.78 is 38.4. The molecule has 0 saturated carbocycles. The van der Waals surface area contributed by atoms with Gasteiger partial charge in [0.15, 0.2) is 5.54 Å². The molecule has 0 heterocycles. The average molecular weight is 288 g/mol. The van der Waals surface area contributed by atoms with E-state index in [1.165, 1.54) is 7.05 Å². The number of alkyl halides is 3. The van der Waals surface area contributed by atoms with Crippen LogP contribution in [-0.2, 0) is 4.79 Å². The maximum atomic E-state index is 12.8. The molecular formula is C14H19F3N2O. The van der Waals surface area contributed by atoms with Gasteiger partial charge in [-0.05, 0) is 26.3 Å². The number of hydrogen-bond acceptors (Lipinski definition) is 2. The number of benzene rings is 1. The van der Waals surface area contributed by atoms with Gasteiger partial charge in [-0.15, -0.1) is 0 Å². The smallest absolute Gasteiger partial charge is 0.337 e. The molecule has 2 atom stereocenters. The zero-order chi connectivity index (χ0) is 15.7. The van der Waals surface area contributed by atoms with Crippen molar-refractivity contribution in [3.63, 3.8) is 0 Å². The van der Waals surface area contributed by atoms with Crippen molar-refractivity contribution < 1.29 is 18.0 Å². The molecule has 1 amide bonds. The summed E-state index contributed by atoms with van der Waals surface area (Å²) in [6.07, 6.45) is -4.79. The summed E-state index contributed by atoms with van der Waals surface area (Å²) in [6, 6.07) is 6.76. The summed E-state index contributed by atoms with van der Waals surface area (Å²) >= 11 is 0. The first-order valence-electron chi connectivity index (χ1n) is 6.18. The van der Waals surface area contributed by atoms with Crippen LogP contribution in [-0.4, -0.2) is 29.6 Å². The van der Waals surface area contributed by atoms with E-state index in [0.717, 1.165) is 16.0 Å². The highest BCUT2D eigenvalue weighted by atomic mass is 19.4. The van der Waals surface area contributed by atoms with E-state index in [4.69, 9.17) is 5.73 Å². The average Bonchev–Trinajstić information content (AvgIpc) is 2.35. The molecule has 1 aromatic rings. The van der Waals surface area contributed by atoms with Crippen molar-refractivity contribution in [2.24, 2.45) is 5.73 Å². The van der Waals surface area contributed by atoms with Crippen molar-refractivity contribution in [2.75, 3.05) is 7.05 Å². The summed E-state index contributed by atoms with van der Waals surface area (Å²) in [7, 11) is 1.32. The topological polar surface area (TPSA) is 46.3 Å². The lowest BCUT2D eigenvalue weighted by Gasteiger charge is -2.34. The fourth-order valence-corrected chi connectivity index (χ4v) is 1.73. The molecule has 1 aromatic carbocycles. The summed E-state index contributed by atoms with van der Waals surface area (Å²) in [5.74, 6) is -1.15. The standard InChI is InChI=1S/C14H19F3N2O/c1-9-5-7-11(8-6-9)10(2)19(4)12(20)13(3,18)14(15,16)17/h5-8,10H,18H2,1-4H3. The third kappa shape index (κ3) is 3.12. The predicted octanol–water partition coefficient (Wildman–Crippen LogP) is 2.79. The zero-order valence-corrected chi connectivity index (χ0v) is 12.0. The first-order valence-corrected chi connectivity index (χ1v) is 6.18. The molecule has 3 nitrogen and oxygen atoms in total. The number of carbonyl (C=O) groups excluding carboxylic acids is 1. The van der Waals surface area contributed by atoms with Crippen LogP contribution in [0, 0.1) is 6.92 Å². The summed E-state index contributed by atoms with van der Waals surface area (Å²) in [4.78, 5) is 13.0. The minimum Gasteiger partial charge on any atom is -0.337 e. The minimum absolute atomic E-state index is 0.492. The van der Waals surface area contributed by atoms with Crippen LogP contribution >= 0.6 is 0 Å². The highest BCUT2D eigenvalue weighted by molar-refractivity contribution is 5.86. The van der Waals surface area contributed by atoms with Gasteiger partial charge in [0.1, 0.15) is 0 Å². The lowest BCUT2D eigenvalue weighted by Crippen LogP contribution is -2.61. The molecule has 0 fully saturated rings. The third-order valence-corrected chi connectivity index (χ3v) is 3.49. The van der Waals surface area contributed by atoms with Crippen LogP contribution in [0.1, 0.15) is 31.0 Å². The minimum atomic E-state index is -4.79. The van der Waals surface area contributed by atoms with Crippen LogP contribution in [0.4, 0.5) is 13.2 Å². The van der Waals surface area contributed by atoms with Crippen molar-refractivity contribution in [2.45, 2.75) is 38.5 Å². The van der Waals surface area contributed by atoms with Gasteiger partial charge >= 0.3 is 6.18 Å². The van der Waals surface area contributed by atoms with E-state index in [1.807, 2.05) is 19.1 Å². The Kier molecular flexibility index (Phi) is 4.49. The van der Waals surface area contributed by atoms with E-state index in [1.54, 1.807) is 19.1 Å². The van der Waals surface area contributed by atoms with Crippen LogP contribution in [0.5, 0.6) is 0 Å². The highest BCUT2D eigenvalue weighted by Gasteiger charge is 2.55. The molecule has 0 radical (unpaired) electrons. The van der Waals surface area contributed by atoms with Crippen LogP contribution in [0.3, 0.4) is 0 Å². The van der Waals surface area contributed by atoms with Gasteiger partial charge in [-0.3, -0.25) is 4.79 Å². The number of halogens is 3. The van der Waals surface area contributed by atoms with Gasteiger partial charge in [-0.2, -0.15) is 13.2 Å². The van der Waals surface area contributed by atoms with Crippen molar-refractivity contribution in [1.29, 1.82) is 0 Å². The quantitative estimate of drug-likeness (QED) is 0.929. The van der Waals surface area contributed by atoms with Gasteiger partial charge in [0, 0.05) is 7.05 Å². The molecule has 0 aliphatic carbocycles. The second-order valence-corrected chi connectivity index (χ2v) is 5.20. The number of aryl methyl sites for hydroxylation is 1. The molecule has 20 heavy (non-hydrogen) atoms. The first-order chi connectivity index (χ1) is 8.98. The molecule has 0 spiro atoms. The Hall–Kier alpha value is -1.56. The lowest BCUT2D eigenvalue weighted by molar-refractivity contribution is -0.194. The van der Waals surface area contributed by atoms with Crippen molar-refractivity contribution >= 4 is 5.91 Å².